The van der Waals surface area contributed by atoms with Crippen LogP contribution in [0, 0.1) is 6.92 Å². The number of amides is 1. The Kier molecular flexibility index (Phi) is 5.11. The second-order valence-electron chi connectivity index (χ2n) is 6.72. The molecule has 1 fully saturated rings. The van der Waals surface area contributed by atoms with Crippen LogP contribution in [0.4, 0.5) is 10.9 Å². The van der Waals surface area contributed by atoms with E-state index in [1.165, 1.54) is 22.5 Å². The number of benzene rings is 1. The molecule has 0 aliphatic carbocycles. The van der Waals surface area contributed by atoms with Gasteiger partial charge in [0.25, 0.3) is 5.91 Å². The monoisotopic (exact) mass is 379 g/mol. The normalized spacial score (nSPS) is 14.9. The number of rotatable bonds is 4. The maximum Gasteiger partial charge on any atom is 0.259 e. The second-order valence-corrected chi connectivity index (χ2v) is 7.55. The predicted octanol–water partition coefficient (Wildman–Crippen LogP) is 3.88. The third-order valence-corrected chi connectivity index (χ3v) is 5.64. The van der Waals surface area contributed by atoms with Gasteiger partial charge in [0.1, 0.15) is 11.3 Å². The first-order chi connectivity index (χ1) is 13.2. The molecule has 0 radical (unpaired) electrons. The van der Waals surface area contributed by atoms with Gasteiger partial charge in [-0.05, 0) is 48.9 Å². The largest absolute Gasteiger partial charge is 0.357 e. The van der Waals surface area contributed by atoms with Gasteiger partial charge in [-0.3, -0.25) is 10.1 Å². The van der Waals surface area contributed by atoms with Crippen molar-refractivity contribution in [3.05, 3.63) is 64.8 Å². The molecule has 1 N–H and O–H groups in total. The molecule has 2 aromatic heterocycles. The number of aromatic nitrogens is 3. The molecule has 0 atom stereocenters. The molecule has 4 rings (SSSR count). The zero-order chi connectivity index (χ0) is 18.6. The Morgan fingerprint density at radius 2 is 2.00 bits per heavy atom. The average molecular weight is 379 g/mol. The van der Waals surface area contributed by atoms with E-state index in [2.05, 4.69) is 56.6 Å². The standard InChI is InChI=1S/C20H21N5OS/c1-14-4-2-3-5-17(14)15-8-10-25(11-9-15)18-7-6-16(12-21-18)19(26)23-20-24-22-13-27-20/h2-7,12-13,15H,8-11H2,1H3,(H,23,24,26). The fourth-order valence-electron chi connectivity index (χ4n) is 3.57. The van der Waals surface area contributed by atoms with Gasteiger partial charge in [0.05, 0.1) is 5.56 Å². The summed E-state index contributed by atoms with van der Waals surface area (Å²) in [5, 5.41) is 10.7. The molecule has 7 heteroatoms. The van der Waals surface area contributed by atoms with E-state index < -0.39 is 0 Å². The maximum absolute atomic E-state index is 12.2. The van der Waals surface area contributed by atoms with Crippen LogP contribution in [0.1, 0.15) is 40.2 Å². The van der Waals surface area contributed by atoms with Crippen molar-refractivity contribution in [1.82, 2.24) is 15.2 Å². The van der Waals surface area contributed by atoms with E-state index in [1.54, 1.807) is 11.7 Å². The van der Waals surface area contributed by atoms with Crippen molar-refractivity contribution >= 4 is 28.2 Å². The summed E-state index contributed by atoms with van der Waals surface area (Å²) >= 11 is 1.29. The third-order valence-electron chi connectivity index (χ3n) is 5.04. The van der Waals surface area contributed by atoms with Crippen LogP contribution in [-0.2, 0) is 0 Å². The van der Waals surface area contributed by atoms with Gasteiger partial charge in [-0.25, -0.2) is 4.98 Å². The zero-order valence-electron chi connectivity index (χ0n) is 15.1. The van der Waals surface area contributed by atoms with Crippen LogP contribution in [0.25, 0.3) is 0 Å². The highest BCUT2D eigenvalue weighted by Crippen LogP contribution is 2.31. The van der Waals surface area contributed by atoms with Gasteiger partial charge >= 0.3 is 0 Å². The molecule has 1 aromatic carbocycles. The van der Waals surface area contributed by atoms with E-state index in [0.29, 0.717) is 16.6 Å². The van der Waals surface area contributed by atoms with E-state index in [9.17, 15) is 4.79 Å². The highest BCUT2D eigenvalue weighted by Gasteiger charge is 2.22. The quantitative estimate of drug-likeness (QED) is 0.745. The summed E-state index contributed by atoms with van der Waals surface area (Å²) in [6.45, 7) is 4.14. The fraction of sp³-hybridized carbons (Fsp3) is 0.300. The number of carbonyl (C=O) groups is 1. The van der Waals surface area contributed by atoms with Crippen LogP contribution in [-0.4, -0.2) is 34.2 Å². The Morgan fingerprint density at radius 1 is 1.19 bits per heavy atom. The highest BCUT2D eigenvalue weighted by molar-refractivity contribution is 7.13. The second kappa shape index (κ2) is 7.84. The molecule has 0 spiro atoms. The molecule has 1 amide bonds. The minimum atomic E-state index is -0.218. The van der Waals surface area contributed by atoms with Crippen LogP contribution >= 0.6 is 11.3 Å². The summed E-state index contributed by atoms with van der Waals surface area (Å²) in [5.74, 6) is 1.31. The maximum atomic E-state index is 12.2. The van der Waals surface area contributed by atoms with E-state index in [1.807, 2.05) is 12.1 Å². The van der Waals surface area contributed by atoms with Crippen LogP contribution in [0.15, 0.2) is 48.1 Å². The molecule has 0 bridgehead atoms. The average Bonchev–Trinajstić information content (AvgIpc) is 3.22. The molecule has 0 unspecified atom stereocenters. The SMILES string of the molecule is Cc1ccccc1C1CCN(c2ccc(C(=O)Nc3nncs3)cn2)CC1. The molecule has 27 heavy (non-hydrogen) atoms. The lowest BCUT2D eigenvalue weighted by Gasteiger charge is -2.33. The molecular formula is C20H21N5OS. The van der Waals surface area contributed by atoms with Gasteiger partial charge < -0.3 is 4.90 Å². The van der Waals surface area contributed by atoms with E-state index >= 15 is 0 Å². The number of nitrogens with zero attached hydrogens (tertiary/aromatic N) is 4. The topological polar surface area (TPSA) is 71.0 Å². The van der Waals surface area contributed by atoms with Gasteiger partial charge in [-0.15, -0.1) is 10.2 Å². The summed E-state index contributed by atoms with van der Waals surface area (Å²) in [7, 11) is 0. The summed E-state index contributed by atoms with van der Waals surface area (Å²) in [6.07, 6.45) is 3.86. The lowest BCUT2D eigenvalue weighted by atomic mass is 9.87. The van der Waals surface area contributed by atoms with Crippen molar-refractivity contribution in [3.63, 3.8) is 0 Å². The number of nitrogens with one attached hydrogen (secondary N) is 1. The molecule has 0 saturated carbocycles. The van der Waals surface area contributed by atoms with Crippen molar-refractivity contribution in [1.29, 1.82) is 0 Å². The van der Waals surface area contributed by atoms with Crippen molar-refractivity contribution in [2.75, 3.05) is 23.3 Å². The molecule has 138 valence electrons. The summed E-state index contributed by atoms with van der Waals surface area (Å²) in [5.41, 5.74) is 4.94. The Labute approximate surface area is 162 Å². The summed E-state index contributed by atoms with van der Waals surface area (Å²) in [6, 6.07) is 12.4. The smallest absolute Gasteiger partial charge is 0.259 e. The number of hydrogen-bond acceptors (Lipinski definition) is 6. The van der Waals surface area contributed by atoms with Crippen LogP contribution in [0.5, 0.6) is 0 Å². The Hall–Kier alpha value is -2.80. The number of pyridine rings is 1. The first-order valence-corrected chi connectivity index (χ1v) is 9.93. The Bertz CT molecular complexity index is 902. The lowest BCUT2D eigenvalue weighted by molar-refractivity contribution is 0.102. The molecule has 3 heterocycles. The number of carbonyl (C=O) groups excluding carboxylic acids is 1. The van der Waals surface area contributed by atoms with Crippen LogP contribution < -0.4 is 10.2 Å². The number of piperidine rings is 1. The van der Waals surface area contributed by atoms with Gasteiger partial charge in [0.15, 0.2) is 0 Å². The van der Waals surface area contributed by atoms with Crippen molar-refractivity contribution in [2.24, 2.45) is 0 Å². The van der Waals surface area contributed by atoms with Crippen molar-refractivity contribution < 1.29 is 4.79 Å². The molecular weight excluding hydrogens is 358 g/mol. The van der Waals surface area contributed by atoms with Gasteiger partial charge in [0.2, 0.25) is 5.13 Å². The Balaban J connectivity index is 1.37. The fourth-order valence-corrected chi connectivity index (χ4v) is 4.01. The Morgan fingerprint density at radius 3 is 2.67 bits per heavy atom. The highest BCUT2D eigenvalue weighted by atomic mass is 32.1. The zero-order valence-corrected chi connectivity index (χ0v) is 15.9. The number of aryl methyl sites for hydroxylation is 1. The van der Waals surface area contributed by atoms with Gasteiger partial charge in [-0.1, -0.05) is 35.6 Å². The van der Waals surface area contributed by atoms with E-state index in [4.69, 9.17) is 0 Å². The van der Waals surface area contributed by atoms with Crippen molar-refractivity contribution in [2.45, 2.75) is 25.7 Å². The lowest BCUT2D eigenvalue weighted by Crippen LogP contribution is -2.33. The molecule has 1 aliphatic rings. The molecule has 3 aromatic rings. The first-order valence-electron chi connectivity index (χ1n) is 9.05. The summed E-state index contributed by atoms with van der Waals surface area (Å²) < 4.78 is 0. The van der Waals surface area contributed by atoms with E-state index in [-0.39, 0.29) is 5.91 Å². The molecule has 6 nitrogen and oxygen atoms in total. The van der Waals surface area contributed by atoms with E-state index in [0.717, 1.165) is 31.7 Å². The first kappa shape index (κ1) is 17.6. The predicted molar refractivity (Wildman–Crippen MR) is 107 cm³/mol. The molecule has 1 saturated heterocycles. The summed E-state index contributed by atoms with van der Waals surface area (Å²) in [4.78, 5) is 19.0. The van der Waals surface area contributed by atoms with Gasteiger partial charge in [0, 0.05) is 19.3 Å². The number of anilines is 2. The van der Waals surface area contributed by atoms with Crippen LogP contribution in [0.3, 0.4) is 0 Å². The minimum Gasteiger partial charge on any atom is -0.357 e. The molecule has 1 aliphatic heterocycles. The number of hydrogen-bond donors (Lipinski definition) is 1. The minimum absolute atomic E-state index is 0.218. The van der Waals surface area contributed by atoms with Crippen LogP contribution in [0.2, 0.25) is 0 Å². The third kappa shape index (κ3) is 3.98. The van der Waals surface area contributed by atoms with Crippen molar-refractivity contribution in [3.8, 4) is 0 Å². The van der Waals surface area contributed by atoms with Gasteiger partial charge in [-0.2, -0.15) is 0 Å².